The topological polar surface area (TPSA) is 193 Å². The molecular weight excluding hydrogens is 697 g/mol. The minimum absolute atomic E-state index is 0.107. The van der Waals surface area contributed by atoms with Crippen LogP contribution in [0.5, 0.6) is 0 Å². The van der Waals surface area contributed by atoms with Gasteiger partial charge in [0.25, 0.3) is 0 Å². The lowest BCUT2D eigenvalue weighted by Crippen LogP contribution is -2.39. The van der Waals surface area contributed by atoms with E-state index in [0.29, 0.717) is 66.0 Å². The zero-order valence-electron chi connectivity index (χ0n) is 26.8. The Labute approximate surface area is 290 Å². The van der Waals surface area contributed by atoms with E-state index in [-0.39, 0.29) is 64.5 Å². The summed E-state index contributed by atoms with van der Waals surface area (Å²) in [5.74, 6) is 1.81. The summed E-state index contributed by atoms with van der Waals surface area (Å²) in [6.07, 6.45) is 1.92. The molecule has 18 heteroatoms. The first-order valence-corrected chi connectivity index (χ1v) is 19.1. The summed E-state index contributed by atoms with van der Waals surface area (Å²) in [7, 11) is 0. The number of aryl methyl sites for hydroxylation is 1. The van der Waals surface area contributed by atoms with E-state index < -0.39 is 41.5 Å². The smallest absolute Gasteiger partial charge is 0.465 e. The van der Waals surface area contributed by atoms with Crippen LogP contribution >= 0.6 is 35.3 Å². The Morgan fingerprint density at radius 3 is 1.56 bits per heavy atom. The van der Waals surface area contributed by atoms with Gasteiger partial charge in [0.1, 0.15) is 57.3 Å². The predicted molar refractivity (Wildman–Crippen MR) is 174 cm³/mol. The first-order valence-electron chi connectivity index (χ1n) is 15.6. The molecule has 48 heavy (non-hydrogen) atoms. The van der Waals surface area contributed by atoms with Crippen molar-refractivity contribution in [2.24, 2.45) is 5.41 Å². The van der Waals surface area contributed by atoms with Crippen LogP contribution in [0, 0.1) is 5.41 Å². The standard InChI is InChI=1S/C30H42O15S3/c1-2-30(18-40-24(31)6-12-46-9-3-21-15-37-27(34)43-21,19-41-25(32)7-13-47-10-4-22-16-38-28(35)44-22)20-42-26(33)8-14-48-11-5-23-17-39-29(36)45-23/h15,22-23H,2-14,16-20H2,1H3. The number of ether oxygens (including phenoxy) is 7. The van der Waals surface area contributed by atoms with Crippen LogP contribution in [-0.2, 0) is 54.0 Å². The monoisotopic (exact) mass is 738 g/mol. The highest BCUT2D eigenvalue weighted by atomic mass is 32.2. The van der Waals surface area contributed by atoms with Gasteiger partial charge in [-0.15, -0.1) is 0 Å². The number of esters is 3. The normalized spacial score (nSPS) is 18.3. The van der Waals surface area contributed by atoms with Crippen LogP contribution in [0.1, 0.15) is 51.2 Å². The minimum Gasteiger partial charge on any atom is -0.465 e. The van der Waals surface area contributed by atoms with Crippen molar-refractivity contribution in [2.75, 3.05) is 67.6 Å². The first kappa shape index (κ1) is 39.4. The van der Waals surface area contributed by atoms with E-state index in [4.69, 9.17) is 37.6 Å². The van der Waals surface area contributed by atoms with Gasteiger partial charge in [-0.1, -0.05) is 6.92 Å². The zero-order valence-corrected chi connectivity index (χ0v) is 29.3. The number of carbonyl (C=O) groups excluding carboxylic acids is 5. The van der Waals surface area contributed by atoms with Crippen molar-refractivity contribution in [1.82, 2.24) is 0 Å². The molecular formula is C30H42O15S3. The number of hydrogen-bond donors (Lipinski definition) is 0. The number of carbonyl (C=O) groups is 5. The highest BCUT2D eigenvalue weighted by Gasteiger charge is 2.34. The van der Waals surface area contributed by atoms with Crippen LogP contribution in [0.25, 0.3) is 0 Å². The van der Waals surface area contributed by atoms with Crippen LogP contribution in [-0.4, -0.2) is 110 Å². The molecule has 3 rings (SSSR count). The van der Waals surface area contributed by atoms with E-state index >= 15 is 0 Å². The minimum atomic E-state index is -0.939. The van der Waals surface area contributed by atoms with Gasteiger partial charge >= 0.3 is 36.0 Å². The third-order valence-corrected chi connectivity index (χ3v) is 10.2. The number of thioether (sulfide) groups is 3. The lowest BCUT2D eigenvalue weighted by Gasteiger charge is -2.31. The molecule has 15 nitrogen and oxygen atoms in total. The quantitative estimate of drug-likeness (QED) is 0.0792. The van der Waals surface area contributed by atoms with Gasteiger partial charge in [0, 0.05) is 29.4 Å². The second-order valence-corrected chi connectivity index (χ2v) is 14.6. The number of rotatable bonds is 25. The van der Waals surface area contributed by atoms with Crippen molar-refractivity contribution >= 4 is 65.5 Å². The first-order chi connectivity index (χ1) is 23.2. The molecule has 2 atom stereocenters. The summed E-state index contributed by atoms with van der Waals surface area (Å²) in [6.45, 7) is 1.98. The Kier molecular flexibility index (Phi) is 18.0. The molecule has 0 amide bonds. The maximum atomic E-state index is 12.6. The average Bonchev–Trinajstić information content (AvgIpc) is 3.81. The van der Waals surface area contributed by atoms with E-state index in [0.717, 1.165) is 0 Å². The second-order valence-electron chi connectivity index (χ2n) is 10.9. The maximum Gasteiger partial charge on any atom is 0.518 e. The van der Waals surface area contributed by atoms with Crippen LogP contribution in [0.3, 0.4) is 0 Å². The molecule has 3 heterocycles. The molecule has 0 bridgehead atoms. The largest absolute Gasteiger partial charge is 0.518 e. The van der Waals surface area contributed by atoms with E-state index in [1.54, 1.807) is 0 Å². The van der Waals surface area contributed by atoms with Crippen LogP contribution in [0.15, 0.2) is 19.9 Å². The van der Waals surface area contributed by atoms with E-state index in [1.807, 2.05) is 6.92 Å². The van der Waals surface area contributed by atoms with Crippen molar-refractivity contribution in [3.05, 3.63) is 22.6 Å². The average molecular weight is 739 g/mol. The van der Waals surface area contributed by atoms with Gasteiger partial charge in [-0.2, -0.15) is 35.3 Å². The highest BCUT2D eigenvalue weighted by molar-refractivity contribution is 7.99. The zero-order chi connectivity index (χ0) is 34.6. The van der Waals surface area contributed by atoms with Gasteiger partial charge in [-0.25, -0.2) is 14.4 Å². The maximum absolute atomic E-state index is 12.6. The molecule has 0 N–H and O–H groups in total. The van der Waals surface area contributed by atoms with E-state index in [9.17, 15) is 28.8 Å². The summed E-state index contributed by atoms with van der Waals surface area (Å²) >= 11 is 4.53. The predicted octanol–water partition coefficient (Wildman–Crippen LogP) is 4.02. The third kappa shape index (κ3) is 15.9. The Bertz CT molecular complexity index is 1180. The van der Waals surface area contributed by atoms with Gasteiger partial charge in [0.2, 0.25) is 0 Å². The van der Waals surface area contributed by atoms with E-state index in [2.05, 4.69) is 4.42 Å². The molecule has 0 saturated carbocycles. The highest BCUT2D eigenvalue weighted by Crippen LogP contribution is 2.26. The Balaban J connectivity index is 1.38. The van der Waals surface area contributed by atoms with Crippen molar-refractivity contribution < 1.29 is 66.0 Å². The van der Waals surface area contributed by atoms with Crippen molar-refractivity contribution in [1.29, 1.82) is 0 Å². The summed E-state index contributed by atoms with van der Waals surface area (Å²) < 4.78 is 45.6. The van der Waals surface area contributed by atoms with Crippen LogP contribution in [0.4, 0.5) is 9.59 Å². The molecule has 270 valence electrons. The summed E-state index contributed by atoms with van der Waals surface area (Å²) in [5.41, 5.74) is -0.939. The number of cyclic esters (lactones) is 4. The Hall–Kier alpha value is -2.99. The SMILES string of the molecule is CCC(COC(=O)CCSCCc1coc(=O)o1)(COC(=O)CCSCCC1COC(=O)O1)COC(=O)CCSCCC1COC(=O)O1. The molecule has 2 aliphatic heterocycles. The molecule has 0 radical (unpaired) electrons. The fourth-order valence-corrected chi connectivity index (χ4v) is 6.87. The molecule has 2 fully saturated rings. The fraction of sp³-hybridized carbons (Fsp3) is 0.733. The molecule has 2 unspecified atom stereocenters. The summed E-state index contributed by atoms with van der Waals surface area (Å²) in [5, 5.41) is 0. The second kappa shape index (κ2) is 21.9. The molecule has 0 aromatic carbocycles. The lowest BCUT2D eigenvalue weighted by molar-refractivity contribution is -0.161. The van der Waals surface area contributed by atoms with Crippen molar-refractivity contribution in [2.45, 2.75) is 64.1 Å². The van der Waals surface area contributed by atoms with Gasteiger partial charge in [-0.05, 0) is 30.8 Å². The Morgan fingerprint density at radius 1 is 0.729 bits per heavy atom. The van der Waals surface area contributed by atoms with Crippen molar-refractivity contribution in [3.63, 3.8) is 0 Å². The lowest BCUT2D eigenvalue weighted by atomic mass is 9.88. The molecule has 1 aromatic rings. The van der Waals surface area contributed by atoms with Gasteiger partial charge < -0.3 is 42.0 Å². The third-order valence-electron chi connectivity index (χ3n) is 7.18. The van der Waals surface area contributed by atoms with Crippen LogP contribution < -0.4 is 5.82 Å². The van der Waals surface area contributed by atoms with Gasteiger partial charge in [0.05, 0.1) is 24.7 Å². The van der Waals surface area contributed by atoms with Crippen LogP contribution in [0.2, 0.25) is 0 Å². The summed E-state index contributed by atoms with van der Waals surface area (Å²) in [4.78, 5) is 70.7. The summed E-state index contributed by atoms with van der Waals surface area (Å²) in [6, 6.07) is 0. The Morgan fingerprint density at radius 2 is 1.19 bits per heavy atom. The van der Waals surface area contributed by atoms with Gasteiger partial charge in [-0.3, -0.25) is 14.4 Å². The van der Waals surface area contributed by atoms with Gasteiger partial charge in [0.15, 0.2) is 0 Å². The molecule has 0 aliphatic carbocycles. The van der Waals surface area contributed by atoms with E-state index in [1.165, 1.54) is 41.5 Å². The van der Waals surface area contributed by atoms with Crippen molar-refractivity contribution in [3.8, 4) is 0 Å². The number of hydrogen-bond acceptors (Lipinski definition) is 18. The fourth-order valence-electron chi connectivity index (χ4n) is 4.12. The molecule has 0 spiro atoms. The molecule has 2 aliphatic rings. The molecule has 1 aromatic heterocycles. The molecule has 2 saturated heterocycles.